The van der Waals surface area contributed by atoms with E-state index < -0.39 is 0 Å². The number of nitrogens with one attached hydrogen (secondary N) is 1. The van der Waals surface area contributed by atoms with Gasteiger partial charge in [0.25, 0.3) is 0 Å². The highest BCUT2D eigenvalue weighted by atomic mass is 32.1. The van der Waals surface area contributed by atoms with Gasteiger partial charge in [0.2, 0.25) is 0 Å². The third-order valence-electron chi connectivity index (χ3n) is 2.47. The zero-order valence-electron chi connectivity index (χ0n) is 10.0. The minimum absolute atomic E-state index is 1.01. The van der Waals surface area contributed by atoms with Gasteiger partial charge in [0, 0.05) is 36.3 Å². The van der Waals surface area contributed by atoms with E-state index in [1.165, 1.54) is 11.4 Å². The second-order valence-electron chi connectivity index (χ2n) is 3.86. The molecule has 4 heteroatoms. The molecule has 0 aliphatic carbocycles. The van der Waals surface area contributed by atoms with Crippen LogP contribution in [0, 0.1) is 0 Å². The first kappa shape index (κ1) is 12.2. The zero-order chi connectivity index (χ0) is 11.9. The van der Waals surface area contributed by atoms with Crippen molar-refractivity contribution in [2.24, 2.45) is 0 Å². The number of thiazole rings is 1. The normalized spacial score (nSPS) is 10.6. The molecule has 0 fully saturated rings. The highest BCUT2D eigenvalue weighted by molar-refractivity contribution is 7.09. The molecule has 1 N–H and O–H groups in total. The zero-order valence-corrected chi connectivity index (χ0v) is 10.8. The molecule has 0 aromatic carbocycles. The van der Waals surface area contributed by atoms with Crippen LogP contribution in [0.15, 0.2) is 29.9 Å². The van der Waals surface area contributed by atoms with Crippen molar-refractivity contribution in [3.05, 3.63) is 34.9 Å². The van der Waals surface area contributed by atoms with E-state index in [1.54, 1.807) is 23.7 Å². The molecular formula is C13H17N3S. The van der Waals surface area contributed by atoms with Crippen LogP contribution in [0.3, 0.4) is 0 Å². The standard InChI is InChI=1S/C13H17N3S/c1-2-6-14-9-5-13-16-12(10-17-13)11-3-7-15-8-4-11/h3-4,7-8,10,14H,2,5-6,9H2,1H3. The Hall–Kier alpha value is -1.26. The van der Waals surface area contributed by atoms with E-state index in [2.05, 4.69) is 27.6 Å². The number of hydrogen-bond donors (Lipinski definition) is 1. The molecule has 0 saturated carbocycles. The monoisotopic (exact) mass is 247 g/mol. The van der Waals surface area contributed by atoms with Crippen LogP contribution >= 0.6 is 11.3 Å². The first-order chi connectivity index (χ1) is 8.40. The van der Waals surface area contributed by atoms with E-state index in [0.717, 1.165) is 30.8 Å². The van der Waals surface area contributed by atoms with Gasteiger partial charge in [-0.1, -0.05) is 6.92 Å². The number of hydrogen-bond acceptors (Lipinski definition) is 4. The van der Waals surface area contributed by atoms with E-state index in [0.29, 0.717) is 0 Å². The fourth-order valence-corrected chi connectivity index (χ4v) is 2.39. The van der Waals surface area contributed by atoms with Gasteiger partial charge in [0.05, 0.1) is 10.7 Å². The van der Waals surface area contributed by atoms with Gasteiger partial charge >= 0.3 is 0 Å². The molecule has 0 atom stereocenters. The molecular weight excluding hydrogens is 230 g/mol. The molecule has 0 radical (unpaired) electrons. The van der Waals surface area contributed by atoms with Crippen LogP contribution in [0.25, 0.3) is 11.3 Å². The predicted octanol–water partition coefficient (Wildman–Crippen LogP) is 2.75. The molecule has 3 nitrogen and oxygen atoms in total. The van der Waals surface area contributed by atoms with Crippen molar-refractivity contribution in [2.75, 3.05) is 13.1 Å². The maximum Gasteiger partial charge on any atom is 0.0945 e. The van der Waals surface area contributed by atoms with Gasteiger partial charge in [-0.3, -0.25) is 4.98 Å². The van der Waals surface area contributed by atoms with Crippen molar-refractivity contribution in [1.82, 2.24) is 15.3 Å². The maximum atomic E-state index is 4.63. The molecule has 2 rings (SSSR count). The molecule has 0 aliphatic heterocycles. The average molecular weight is 247 g/mol. The summed E-state index contributed by atoms with van der Waals surface area (Å²) in [4.78, 5) is 8.64. The summed E-state index contributed by atoms with van der Waals surface area (Å²) in [5.74, 6) is 0. The van der Waals surface area contributed by atoms with E-state index >= 15 is 0 Å². The Morgan fingerprint density at radius 3 is 2.82 bits per heavy atom. The van der Waals surface area contributed by atoms with Crippen LogP contribution in [0.5, 0.6) is 0 Å². The smallest absolute Gasteiger partial charge is 0.0945 e. The number of rotatable bonds is 6. The summed E-state index contributed by atoms with van der Waals surface area (Å²) >= 11 is 1.73. The van der Waals surface area contributed by atoms with Crippen LogP contribution in [0.4, 0.5) is 0 Å². The Kier molecular flexibility index (Phi) is 4.64. The minimum Gasteiger partial charge on any atom is -0.316 e. The van der Waals surface area contributed by atoms with Crippen molar-refractivity contribution in [1.29, 1.82) is 0 Å². The van der Waals surface area contributed by atoms with Crippen molar-refractivity contribution in [3.63, 3.8) is 0 Å². The van der Waals surface area contributed by atoms with Crippen LogP contribution in [0.2, 0.25) is 0 Å². The van der Waals surface area contributed by atoms with Crippen molar-refractivity contribution >= 4 is 11.3 Å². The second-order valence-corrected chi connectivity index (χ2v) is 4.81. The lowest BCUT2D eigenvalue weighted by Gasteiger charge is -1.99. The van der Waals surface area contributed by atoms with Gasteiger partial charge < -0.3 is 5.32 Å². The molecule has 0 amide bonds. The second kappa shape index (κ2) is 6.47. The molecule has 0 spiro atoms. The largest absolute Gasteiger partial charge is 0.316 e. The third kappa shape index (κ3) is 3.61. The molecule has 0 saturated heterocycles. The summed E-state index contributed by atoms with van der Waals surface area (Å²) in [7, 11) is 0. The molecule has 0 aliphatic rings. The number of nitrogens with zero attached hydrogens (tertiary/aromatic N) is 2. The van der Waals surface area contributed by atoms with Crippen LogP contribution in [-0.2, 0) is 6.42 Å². The first-order valence-electron chi connectivity index (χ1n) is 5.95. The Morgan fingerprint density at radius 2 is 2.06 bits per heavy atom. The van der Waals surface area contributed by atoms with Crippen LogP contribution in [-0.4, -0.2) is 23.1 Å². The average Bonchev–Trinajstić information content (AvgIpc) is 2.85. The van der Waals surface area contributed by atoms with Gasteiger partial charge in [0.1, 0.15) is 0 Å². The van der Waals surface area contributed by atoms with Gasteiger partial charge in [0.15, 0.2) is 0 Å². The number of aromatic nitrogens is 2. The van der Waals surface area contributed by atoms with Crippen molar-refractivity contribution in [2.45, 2.75) is 19.8 Å². The molecule has 2 aromatic heterocycles. The van der Waals surface area contributed by atoms with E-state index in [-0.39, 0.29) is 0 Å². The van der Waals surface area contributed by atoms with Gasteiger partial charge in [-0.05, 0) is 25.1 Å². The summed E-state index contributed by atoms with van der Waals surface area (Å²) in [6, 6.07) is 3.99. The third-order valence-corrected chi connectivity index (χ3v) is 3.38. The van der Waals surface area contributed by atoms with Crippen LogP contribution < -0.4 is 5.32 Å². The predicted molar refractivity (Wildman–Crippen MR) is 72.2 cm³/mol. The Balaban J connectivity index is 1.92. The summed E-state index contributed by atoms with van der Waals surface area (Å²) in [6.07, 6.45) is 5.80. The number of pyridine rings is 1. The lowest BCUT2D eigenvalue weighted by molar-refractivity contribution is 0.670. The fraction of sp³-hybridized carbons (Fsp3) is 0.385. The molecule has 0 unspecified atom stereocenters. The first-order valence-corrected chi connectivity index (χ1v) is 6.83. The van der Waals surface area contributed by atoms with Gasteiger partial charge in [-0.15, -0.1) is 11.3 Å². The van der Waals surface area contributed by atoms with E-state index in [9.17, 15) is 0 Å². The lowest BCUT2D eigenvalue weighted by Crippen LogP contribution is -2.17. The molecule has 90 valence electrons. The lowest BCUT2D eigenvalue weighted by atomic mass is 10.2. The summed E-state index contributed by atoms with van der Waals surface area (Å²) < 4.78 is 0. The molecule has 2 heterocycles. The SMILES string of the molecule is CCCNCCc1nc(-c2ccncc2)cs1. The molecule has 17 heavy (non-hydrogen) atoms. The minimum atomic E-state index is 1.01. The van der Waals surface area contributed by atoms with Crippen molar-refractivity contribution < 1.29 is 0 Å². The van der Waals surface area contributed by atoms with Gasteiger partial charge in [-0.2, -0.15) is 0 Å². The van der Waals surface area contributed by atoms with Gasteiger partial charge in [-0.25, -0.2) is 4.98 Å². The summed E-state index contributed by atoms with van der Waals surface area (Å²) in [5.41, 5.74) is 2.20. The molecule has 0 bridgehead atoms. The Bertz CT molecular complexity index is 439. The summed E-state index contributed by atoms with van der Waals surface area (Å²) in [6.45, 7) is 4.28. The molecule has 2 aromatic rings. The summed E-state index contributed by atoms with van der Waals surface area (Å²) in [5, 5.41) is 6.70. The van der Waals surface area contributed by atoms with Crippen LogP contribution in [0.1, 0.15) is 18.4 Å². The topological polar surface area (TPSA) is 37.8 Å². The fourth-order valence-electron chi connectivity index (χ4n) is 1.58. The van der Waals surface area contributed by atoms with E-state index in [4.69, 9.17) is 0 Å². The highest BCUT2D eigenvalue weighted by Gasteiger charge is 2.03. The maximum absolute atomic E-state index is 4.63. The van der Waals surface area contributed by atoms with E-state index in [1.807, 2.05) is 12.1 Å². The highest BCUT2D eigenvalue weighted by Crippen LogP contribution is 2.21. The Labute approximate surface area is 106 Å². The van der Waals surface area contributed by atoms with Crippen molar-refractivity contribution in [3.8, 4) is 11.3 Å². The quantitative estimate of drug-likeness (QED) is 0.798. The Morgan fingerprint density at radius 1 is 1.24 bits per heavy atom.